The molecule has 0 bridgehead atoms. The molecular weight excluding hydrogens is 336 g/mol. The van der Waals surface area contributed by atoms with Crippen LogP contribution < -0.4 is 10.6 Å². The van der Waals surface area contributed by atoms with Crippen LogP contribution in [0.5, 0.6) is 0 Å². The number of hydrogen-bond donors (Lipinski definition) is 3. The van der Waals surface area contributed by atoms with Gasteiger partial charge in [-0.3, -0.25) is 4.79 Å². The molecule has 0 spiro atoms. The molecule has 1 aliphatic rings. The van der Waals surface area contributed by atoms with Crippen LogP contribution in [0.1, 0.15) is 36.5 Å². The van der Waals surface area contributed by atoms with Gasteiger partial charge in [-0.1, -0.05) is 13.3 Å². The zero-order valence-electron chi connectivity index (χ0n) is 11.9. The Kier molecular flexibility index (Phi) is 5.00. The van der Waals surface area contributed by atoms with Crippen molar-refractivity contribution < 1.29 is 14.7 Å². The number of carbonyl (C=O) groups is 2. The lowest BCUT2D eigenvalue weighted by molar-refractivity contribution is -0.125. The summed E-state index contributed by atoms with van der Waals surface area (Å²) in [6.45, 7) is 3.62. The number of carbonyl (C=O) groups excluding carboxylic acids is 1. The van der Waals surface area contributed by atoms with Gasteiger partial charge in [0.25, 0.3) is 0 Å². The molecular formula is C15H19BrN2O3. The van der Waals surface area contributed by atoms with Gasteiger partial charge < -0.3 is 15.7 Å². The minimum Gasteiger partial charge on any atom is -0.478 e. The third-order valence-corrected chi connectivity index (χ3v) is 4.57. The average molecular weight is 355 g/mol. The van der Waals surface area contributed by atoms with E-state index >= 15 is 0 Å². The lowest BCUT2D eigenvalue weighted by atomic mass is 9.81. The predicted octanol–water partition coefficient (Wildman–Crippen LogP) is 2.87. The number of nitrogens with one attached hydrogen (secondary N) is 2. The van der Waals surface area contributed by atoms with Crippen LogP contribution in [0, 0.1) is 5.41 Å². The maximum absolute atomic E-state index is 12.6. The van der Waals surface area contributed by atoms with E-state index in [2.05, 4.69) is 33.5 Å². The van der Waals surface area contributed by atoms with Crippen molar-refractivity contribution in [2.75, 3.05) is 18.4 Å². The van der Waals surface area contributed by atoms with Gasteiger partial charge in [0, 0.05) is 11.0 Å². The second-order valence-electron chi connectivity index (χ2n) is 5.41. The van der Waals surface area contributed by atoms with E-state index in [1.54, 1.807) is 6.07 Å². The molecule has 1 aromatic carbocycles. The van der Waals surface area contributed by atoms with Gasteiger partial charge in [0.15, 0.2) is 0 Å². The molecule has 1 aromatic rings. The van der Waals surface area contributed by atoms with Gasteiger partial charge in [0.2, 0.25) is 5.91 Å². The molecule has 5 nitrogen and oxygen atoms in total. The largest absolute Gasteiger partial charge is 0.478 e. The van der Waals surface area contributed by atoms with Gasteiger partial charge in [-0.25, -0.2) is 4.79 Å². The Bertz CT molecular complexity index is 554. The van der Waals surface area contributed by atoms with Crippen molar-refractivity contribution in [1.82, 2.24) is 5.32 Å². The smallest absolute Gasteiger partial charge is 0.335 e. The van der Waals surface area contributed by atoms with Crippen LogP contribution in [0.2, 0.25) is 0 Å². The first-order valence-corrected chi connectivity index (χ1v) is 7.83. The van der Waals surface area contributed by atoms with Gasteiger partial charge in [-0.2, -0.15) is 0 Å². The molecule has 21 heavy (non-hydrogen) atoms. The third-order valence-electron chi connectivity index (χ3n) is 3.92. The van der Waals surface area contributed by atoms with Crippen LogP contribution in [0.15, 0.2) is 22.7 Å². The SMILES string of the molecule is CCCC1(C(=O)Nc2ccc(C(=O)O)cc2Br)CCNC1. The molecule has 0 saturated carbocycles. The number of aromatic carboxylic acids is 1. The zero-order valence-corrected chi connectivity index (χ0v) is 13.5. The number of halogens is 1. The molecule has 3 N–H and O–H groups in total. The second-order valence-corrected chi connectivity index (χ2v) is 6.27. The summed E-state index contributed by atoms with van der Waals surface area (Å²) >= 11 is 3.32. The van der Waals surface area contributed by atoms with Gasteiger partial charge in [-0.15, -0.1) is 0 Å². The minimum absolute atomic E-state index is 0.00174. The summed E-state index contributed by atoms with van der Waals surface area (Å²) in [5.74, 6) is -0.992. The number of benzene rings is 1. The van der Waals surface area contributed by atoms with E-state index in [1.165, 1.54) is 12.1 Å². The summed E-state index contributed by atoms with van der Waals surface area (Å²) in [5, 5.41) is 15.1. The van der Waals surface area contributed by atoms with E-state index in [1.807, 2.05) is 0 Å². The molecule has 1 saturated heterocycles. The minimum atomic E-state index is -0.990. The highest BCUT2D eigenvalue weighted by atomic mass is 79.9. The number of anilines is 1. The van der Waals surface area contributed by atoms with Gasteiger partial charge >= 0.3 is 5.97 Å². The molecule has 0 aromatic heterocycles. The Hall–Kier alpha value is -1.40. The molecule has 1 fully saturated rings. The van der Waals surface area contributed by atoms with E-state index in [4.69, 9.17) is 5.11 Å². The van der Waals surface area contributed by atoms with Crippen molar-refractivity contribution in [2.45, 2.75) is 26.2 Å². The lowest BCUT2D eigenvalue weighted by Gasteiger charge is -2.26. The topological polar surface area (TPSA) is 78.4 Å². The molecule has 1 unspecified atom stereocenters. The summed E-state index contributed by atoms with van der Waals surface area (Å²) < 4.78 is 0.577. The van der Waals surface area contributed by atoms with Gasteiger partial charge in [0.05, 0.1) is 16.7 Å². The predicted molar refractivity (Wildman–Crippen MR) is 84.6 cm³/mol. The Morgan fingerprint density at radius 2 is 2.24 bits per heavy atom. The van der Waals surface area contributed by atoms with Crippen molar-refractivity contribution >= 4 is 33.5 Å². The van der Waals surface area contributed by atoms with Crippen LogP contribution in [0.3, 0.4) is 0 Å². The third kappa shape index (κ3) is 3.44. The average Bonchev–Trinajstić information content (AvgIpc) is 2.91. The summed E-state index contributed by atoms with van der Waals surface area (Å²) in [7, 11) is 0. The Morgan fingerprint density at radius 3 is 2.76 bits per heavy atom. The molecule has 0 aliphatic carbocycles. The molecule has 114 valence electrons. The Morgan fingerprint density at radius 1 is 1.48 bits per heavy atom. The molecule has 2 rings (SSSR count). The van der Waals surface area contributed by atoms with Crippen LogP contribution in [0.25, 0.3) is 0 Å². The molecule has 1 amide bonds. The van der Waals surface area contributed by atoms with Crippen LogP contribution in [0.4, 0.5) is 5.69 Å². The quantitative estimate of drug-likeness (QED) is 0.759. The monoisotopic (exact) mass is 354 g/mol. The first kappa shape index (κ1) is 16.0. The van der Waals surface area contributed by atoms with Crippen LogP contribution in [-0.4, -0.2) is 30.1 Å². The van der Waals surface area contributed by atoms with Crippen LogP contribution in [-0.2, 0) is 4.79 Å². The Balaban J connectivity index is 2.17. The molecule has 1 heterocycles. The number of rotatable bonds is 5. The summed E-state index contributed by atoms with van der Waals surface area (Å²) in [5.41, 5.74) is 0.428. The molecule has 1 aliphatic heterocycles. The van der Waals surface area contributed by atoms with Crippen molar-refractivity contribution in [1.29, 1.82) is 0 Å². The lowest BCUT2D eigenvalue weighted by Crippen LogP contribution is -2.38. The zero-order chi connectivity index (χ0) is 15.5. The van der Waals surface area contributed by atoms with Crippen molar-refractivity contribution in [3.05, 3.63) is 28.2 Å². The number of carboxylic acids is 1. The highest BCUT2D eigenvalue weighted by molar-refractivity contribution is 9.10. The van der Waals surface area contributed by atoms with E-state index in [0.717, 1.165) is 25.8 Å². The van der Waals surface area contributed by atoms with Gasteiger partial charge in [-0.05, 0) is 53.5 Å². The standard InChI is InChI=1S/C15H19BrN2O3/c1-2-5-15(6-7-17-9-15)14(21)18-12-4-3-10(13(19)20)8-11(12)16/h3-4,8,17H,2,5-7,9H2,1H3,(H,18,21)(H,19,20). The number of amides is 1. The van der Waals surface area contributed by atoms with E-state index < -0.39 is 5.97 Å². The fourth-order valence-corrected chi connectivity index (χ4v) is 3.23. The maximum atomic E-state index is 12.6. The fraction of sp³-hybridized carbons (Fsp3) is 0.467. The fourth-order valence-electron chi connectivity index (χ4n) is 2.75. The van der Waals surface area contributed by atoms with Crippen molar-refractivity contribution in [3.8, 4) is 0 Å². The van der Waals surface area contributed by atoms with E-state index in [9.17, 15) is 9.59 Å². The van der Waals surface area contributed by atoms with E-state index in [-0.39, 0.29) is 16.9 Å². The molecule has 6 heteroatoms. The summed E-state index contributed by atoms with van der Waals surface area (Å²) in [6.07, 6.45) is 2.63. The highest BCUT2D eigenvalue weighted by Gasteiger charge is 2.40. The maximum Gasteiger partial charge on any atom is 0.335 e. The Labute approximate surface area is 132 Å². The first-order valence-electron chi connectivity index (χ1n) is 7.03. The van der Waals surface area contributed by atoms with Gasteiger partial charge in [0.1, 0.15) is 0 Å². The van der Waals surface area contributed by atoms with Crippen molar-refractivity contribution in [3.63, 3.8) is 0 Å². The molecule has 1 atom stereocenters. The normalized spacial score (nSPS) is 21.2. The molecule has 0 radical (unpaired) electrons. The van der Waals surface area contributed by atoms with E-state index in [0.29, 0.717) is 16.7 Å². The number of hydrogen-bond acceptors (Lipinski definition) is 3. The summed E-state index contributed by atoms with van der Waals surface area (Å²) in [4.78, 5) is 23.5. The first-order chi connectivity index (χ1) is 9.98. The highest BCUT2D eigenvalue weighted by Crippen LogP contribution is 2.34. The number of carboxylic acid groups (broad SMARTS) is 1. The van der Waals surface area contributed by atoms with Crippen molar-refractivity contribution in [2.24, 2.45) is 5.41 Å². The second kappa shape index (κ2) is 6.58. The van der Waals surface area contributed by atoms with Crippen LogP contribution >= 0.6 is 15.9 Å². The summed E-state index contributed by atoms with van der Waals surface area (Å²) in [6, 6.07) is 4.60.